The maximum Gasteiger partial charge on any atom is 0.335 e. The van der Waals surface area contributed by atoms with E-state index < -0.39 is 11.2 Å². The molecule has 8 heteroatoms. The second-order valence-corrected chi connectivity index (χ2v) is 5.70. The zero-order valence-electron chi connectivity index (χ0n) is 11.6. The first kappa shape index (κ1) is 15.8. The normalized spacial score (nSPS) is 11.7. The molecule has 22 heavy (non-hydrogen) atoms. The van der Waals surface area contributed by atoms with E-state index in [0.29, 0.717) is 10.8 Å². The van der Waals surface area contributed by atoms with E-state index in [1.54, 1.807) is 6.92 Å². The average Bonchev–Trinajstić information content (AvgIpc) is 2.47. The Kier molecular flexibility index (Phi) is 4.95. The van der Waals surface area contributed by atoms with Crippen LogP contribution < -0.4 is 10.9 Å². The number of amides is 1. The number of hydrogen-bond acceptors (Lipinski definition) is 5. The van der Waals surface area contributed by atoms with Gasteiger partial charge in [-0.2, -0.15) is 0 Å². The largest absolute Gasteiger partial charge is 0.478 e. The monoisotopic (exact) mass is 319 g/mol. The lowest BCUT2D eigenvalue weighted by molar-refractivity contribution is -0.115. The van der Waals surface area contributed by atoms with Crippen LogP contribution in [0, 0.1) is 0 Å². The van der Waals surface area contributed by atoms with Gasteiger partial charge in [0.2, 0.25) is 5.91 Å². The number of anilines is 1. The van der Waals surface area contributed by atoms with Crippen LogP contribution in [0.4, 0.5) is 5.69 Å². The molecule has 0 fully saturated rings. The number of carboxylic acid groups (broad SMARTS) is 1. The van der Waals surface area contributed by atoms with Crippen LogP contribution in [-0.2, 0) is 4.79 Å². The third kappa shape index (κ3) is 4.19. The van der Waals surface area contributed by atoms with Gasteiger partial charge in [0.25, 0.3) is 5.56 Å². The highest BCUT2D eigenvalue weighted by molar-refractivity contribution is 8.00. The lowest BCUT2D eigenvalue weighted by Crippen LogP contribution is -2.23. The SMILES string of the molecule is CC(Sc1nccc(=O)[nH]1)C(=O)Nc1ccc(C(=O)O)cc1. The Morgan fingerprint density at radius 2 is 1.95 bits per heavy atom. The number of nitrogens with one attached hydrogen (secondary N) is 2. The molecular weight excluding hydrogens is 306 g/mol. The van der Waals surface area contributed by atoms with E-state index in [9.17, 15) is 14.4 Å². The minimum Gasteiger partial charge on any atom is -0.478 e. The highest BCUT2D eigenvalue weighted by Crippen LogP contribution is 2.19. The van der Waals surface area contributed by atoms with Gasteiger partial charge in [0.1, 0.15) is 0 Å². The van der Waals surface area contributed by atoms with Crippen molar-refractivity contribution >= 4 is 29.3 Å². The van der Waals surface area contributed by atoms with E-state index in [0.717, 1.165) is 11.8 Å². The summed E-state index contributed by atoms with van der Waals surface area (Å²) in [5.41, 5.74) is 0.359. The van der Waals surface area contributed by atoms with E-state index in [-0.39, 0.29) is 17.0 Å². The van der Waals surface area contributed by atoms with Crippen LogP contribution in [0.25, 0.3) is 0 Å². The van der Waals surface area contributed by atoms with Crippen molar-refractivity contribution in [1.29, 1.82) is 0 Å². The number of nitrogens with zero attached hydrogens (tertiary/aromatic N) is 1. The highest BCUT2D eigenvalue weighted by atomic mass is 32.2. The van der Waals surface area contributed by atoms with Crippen molar-refractivity contribution in [3.8, 4) is 0 Å². The number of thioether (sulfide) groups is 1. The number of carbonyl (C=O) groups excluding carboxylic acids is 1. The molecule has 0 aliphatic heterocycles. The molecule has 1 atom stereocenters. The number of aromatic amines is 1. The minimum absolute atomic E-state index is 0.145. The Morgan fingerprint density at radius 3 is 2.55 bits per heavy atom. The van der Waals surface area contributed by atoms with Crippen molar-refractivity contribution in [2.45, 2.75) is 17.3 Å². The topological polar surface area (TPSA) is 112 Å². The van der Waals surface area contributed by atoms with Crippen molar-refractivity contribution in [2.24, 2.45) is 0 Å². The molecule has 114 valence electrons. The van der Waals surface area contributed by atoms with Gasteiger partial charge in [0, 0.05) is 18.0 Å². The van der Waals surface area contributed by atoms with Crippen LogP contribution in [-0.4, -0.2) is 32.2 Å². The smallest absolute Gasteiger partial charge is 0.335 e. The summed E-state index contributed by atoms with van der Waals surface area (Å²) in [5, 5.41) is 11.4. The molecule has 7 nitrogen and oxygen atoms in total. The quantitative estimate of drug-likeness (QED) is 0.570. The second-order valence-electron chi connectivity index (χ2n) is 4.37. The van der Waals surface area contributed by atoms with Gasteiger partial charge in [0.15, 0.2) is 5.16 Å². The minimum atomic E-state index is -1.03. The number of carboxylic acids is 1. The van der Waals surface area contributed by atoms with Gasteiger partial charge >= 0.3 is 5.97 Å². The zero-order chi connectivity index (χ0) is 16.1. The first-order valence-corrected chi connectivity index (χ1v) is 7.20. The number of carbonyl (C=O) groups is 2. The Labute approximate surface area is 129 Å². The number of H-pyrrole nitrogens is 1. The van der Waals surface area contributed by atoms with E-state index in [4.69, 9.17) is 5.11 Å². The van der Waals surface area contributed by atoms with E-state index in [1.165, 1.54) is 36.5 Å². The van der Waals surface area contributed by atoms with Crippen molar-refractivity contribution in [3.63, 3.8) is 0 Å². The molecule has 1 aromatic heterocycles. The summed E-state index contributed by atoms with van der Waals surface area (Å²) in [5.74, 6) is -1.31. The molecule has 0 bridgehead atoms. The van der Waals surface area contributed by atoms with Crippen LogP contribution in [0.15, 0.2) is 46.5 Å². The number of benzene rings is 1. The molecule has 0 aliphatic rings. The molecule has 0 saturated heterocycles. The molecular formula is C14H13N3O4S. The van der Waals surface area contributed by atoms with Gasteiger partial charge in [-0.25, -0.2) is 9.78 Å². The zero-order valence-corrected chi connectivity index (χ0v) is 12.4. The number of hydrogen-bond donors (Lipinski definition) is 3. The third-order valence-electron chi connectivity index (χ3n) is 2.70. The van der Waals surface area contributed by atoms with Crippen LogP contribution >= 0.6 is 11.8 Å². The highest BCUT2D eigenvalue weighted by Gasteiger charge is 2.16. The van der Waals surface area contributed by atoms with Gasteiger partial charge < -0.3 is 15.4 Å². The Bertz CT molecular complexity index is 742. The lowest BCUT2D eigenvalue weighted by Gasteiger charge is -2.11. The molecule has 0 radical (unpaired) electrons. The first-order valence-electron chi connectivity index (χ1n) is 6.32. The van der Waals surface area contributed by atoms with Gasteiger partial charge in [0.05, 0.1) is 10.8 Å². The second kappa shape index (κ2) is 6.90. The first-order chi connectivity index (χ1) is 10.5. The fourth-order valence-corrected chi connectivity index (χ4v) is 2.35. The van der Waals surface area contributed by atoms with E-state index in [1.807, 2.05) is 0 Å². The molecule has 0 aliphatic carbocycles. The average molecular weight is 319 g/mol. The summed E-state index contributed by atoms with van der Waals surface area (Å²) in [4.78, 5) is 40.5. The van der Waals surface area contributed by atoms with Crippen LogP contribution in [0.5, 0.6) is 0 Å². The predicted octanol–water partition coefficient (Wildman–Crippen LogP) is 1.59. The maximum absolute atomic E-state index is 12.1. The molecule has 0 saturated carbocycles. The van der Waals surface area contributed by atoms with Crippen molar-refractivity contribution in [2.75, 3.05) is 5.32 Å². The molecule has 2 aromatic rings. The molecule has 1 aromatic carbocycles. The molecule has 2 rings (SSSR count). The number of aromatic carboxylic acids is 1. The Morgan fingerprint density at radius 1 is 1.27 bits per heavy atom. The maximum atomic E-state index is 12.1. The van der Waals surface area contributed by atoms with Crippen molar-refractivity contribution < 1.29 is 14.7 Å². The molecule has 1 unspecified atom stereocenters. The number of rotatable bonds is 5. The number of aromatic nitrogens is 2. The van der Waals surface area contributed by atoms with Crippen LogP contribution in [0.2, 0.25) is 0 Å². The Hall–Kier alpha value is -2.61. The predicted molar refractivity (Wildman–Crippen MR) is 82.2 cm³/mol. The summed E-state index contributed by atoms with van der Waals surface area (Å²) >= 11 is 1.12. The van der Waals surface area contributed by atoms with Gasteiger partial charge in [-0.15, -0.1) is 0 Å². The molecule has 1 amide bonds. The van der Waals surface area contributed by atoms with E-state index >= 15 is 0 Å². The summed E-state index contributed by atoms with van der Waals surface area (Å²) < 4.78 is 0. The fraction of sp³-hybridized carbons (Fsp3) is 0.143. The molecule has 1 heterocycles. The van der Waals surface area contributed by atoms with Crippen LogP contribution in [0.1, 0.15) is 17.3 Å². The summed E-state index contributed by atoms with van der Waals surface area (Å²) in [6, 6.07) is 7.14. The van der Waals surface area contributed by atoms with Gasteiger partial charge in [-0.05, 0) is 31.2 Å². The standard InChI is InChI=1S/C14H13N3O4S/c1-8(22-14-15-7-6-11(18)17-14)12(19)16-10-4-2-9(3-5-10)13(20)21/h2-8H,1H3,(H,16,19)(H,20,21)(H,15,17,18). The van der Waals surface area contributed by atoms with Gasteiger partial charge in [-0.1, -0.05) is 11.8 Å². The van der Waals surface area contributed by atoms with Crippen molar-refractivity contribution in [1.82, 2.24) is 9.97 Å². The van der Waals surface area contributed by atoms with Gasteiger partial charge in [-0.3, -0.25) is 9.59 Å². The van der Waals surface area contributed by atoms with E-state index in [2.05, 4.69) is 15.3 Å². The van der Waals surface area contributed by atoms with Crippen molar-refractivity contribution in [3.05, 3.63) is 52.4 Å². The lowest BCUT2D eigenvalue weighted by atomic mass is 10.2. The fourth-order valence-electron chi connectivity index (χ4n) is 1.57. The summed E-state index contributed by atoms with van der Waals surface area (Å²) in [6.07, 6.45) is 1.37. The van der Waals surface area contributed by atoms with Crippen LogP contribution in [0.3, 0.4) is 0 Å². The Balaban J connectivity index is 1.99. The third-order valence-corrected chi connectivity index (χ3v) is 3.70. The molecule has 0 spiro atoms. The summed E-state index contributed by atoms with van der Waals surface area (Å²) in [6.45, 7) is 1.68. The summed E-state index contributed by atoms with van der Waals surface area (Å²) in [7, 11) is 0. The molecule has 3 N–H and O–H groups in total.